The van der Waals surface area contributed by atoms with Gasteiger partial charge in [0, 0.05) is 68.3 Å². The van der Waals surface area contributed by atoms with Crippen molar-refractivity contribution in [3.63, 3.8) is 0 Å². The summed E-state index contributed by atoms with van der Waals surface area (Å²) in [6.45, 7) is 3.20. The average molecular weight is 436 g/mol. The molecule has 0 atom stereocenters. The molecular weight excluding hydrogens is 406 g/mol. The van der Waals surface area contributed by atoms with E-state index in [0.717, 1.165) is 80.1 Å². The largest absolute Gasteiger partial charge is 0.488 e. The van der Waals surface area contributed by atoms with Crippen LogP contribution in [0.4, 0.5) is 11.4 Å². The van der Waals surface area contributed by atoms with E-state index in [2.05, 4.69) is 32.3 Å². The van der Waals surface area contributed by atoms with Crippen molar-refractivity contribution in [2.45, 2.75) is 37.8 Å². The first-order chi connectivity index (χ1) is 15.7. The van der Waals surface area contributed by atoms with Gasteiger partial charge >= 0.3 is 0 Å². The zero-order chi connectivity index (χ0) is 21.9. The van der Waals surface area contributed by atoms with Gasteiger partial charge in [-0.15, -0.1) is 0 Å². The lowest BCUT2D eigenvalue weighted by atomic mass is 9.92. The van der Waals surface area contributed by atoms with Crippen molar-refractivity contribution in [1.82, 2.24) is 14.5 Å². The highest BCUT2D eigenvalue weighted by Crippen LogP contribution is 2.33. The molecule has 0 amide bonds. The summed E-state index contributed by atoms with van der Waals surface area (Å²) in [5.41, 5.74) is 3.66. The molecule has 0 radical (unpaired) electrons. The first kappa shape index (κ1) is 20.8. The Labute approximate surface area is 187 Å². The molecule has 1 saturated carbocycles. The van der Waals surface area contributed by atoms with Gasteiger partial charge in [0.2, 0.25) is 0 Å². The van der Waals surface area contributed by atoms with Crippen LogP contribution in [0.3, 0.4) is 0 Å². The third kappa shape index (κ3) is 4.55. The Kier molecular flexibility index (Phi) is 5.94. The fourth-order valence-corrected chi connectivity index (χ4v) is 4.50. The summed E-state index contributed by atoms with van der Waals surface area (Å²) < 4.78 is 13.6. The normalized spacial score (nSPS) is 21.5. The van der Waals surface area contributed by atoms with Crippen LogP contribution in [0.5, 0.6) is 5.75 Å². The van der Waals surface area contributed by atoms with Gasteiger partial charge in [-0.3, -0.25) is 9.78 Å². The fourth-order valence-electron chi connectivity index (χ4n) is 4.50. The molecule has 1 aliphatic carbocycles. The van der Waals surface area contributed by atoms with Crippen molar-refractivity contribution in [2.75, 3.05) is 36.5 Å². The number of anilines is 2. The van der Waals surface area contributed by atoms with Gasteiger partial charge in [-0.25, -0.2) is 4.98 Å². The van der Waals surface area contributed by atoms with E-state index < -0.39 is 0 Å². The Balaban J connectivity index is 1.27. The second kappa shape index (κ2) is 9.16. The number of aryl methyl sites for hydroxylation is 1. The maximum absolute atomic E-state index is 11.9. The molecule has 8 heteroatoms. The molecule has 8 nitrogen and oxygen atoms in total. The van der Waals surface area contributed by atoms with Gasteiger partial charge in [-0.2, -0.15) is 0 Å². The van der Waals surface area contributed by atoms with Crippen LogP contribution in [0.15, 0.2) is 47.7 Å². The first-order valence-electron chi connectivity index (χ1n) is 11.3. The summed E-state index contributed by atoms with van der Waals surface area (Å²) in [4.78, 5) is 23.3. The molecular formula is C24H29N5O3. The van der Waals surface area contributed by atoms with Crippen LogP contribution in [0.2, 0.25) is 0 Å². The van der Waals surface area contributed by atoms with E-state index in [1.165, 1.54) is 0 Å². The number of nitrogens with zero attached hydrogens (tertiary/aromatic N) is 4. The maximum Gasteiger partial charge on any atom is 0.252 e. The third-order valence-corrected chi connectivity index (χ3v) is 6.34. The average Bonchev–Trinajstić information content (AvgIpc) is 2.83. The fraction of sp³-hybridized carbons (Fsp3) is 0.458. The maximum atomic E-state index is 11.9. The molecule has 2 fully saturated rings. The summed E-state index contributed by atoms with van der Waals surface area (Å²) >= 11 is 0. The highest BCUT2D eigenvalue weighted by Gasteiger charge is 2.24. The predicted molar refractivity (Wildman–Crippen MR) is 125 cm³/mol. The number of rotatable bonds is 5. The van der Waals surface area contributed by atoms with Gasteiger partial charge in [-0.1, -0.05) is 0 Å². The topological polar surface area (TPSA) is 81.5 Å². The van der Waals surface area contributed by atoms with Gasteiger partial charge in [-0.05, 0) is 37.8 Å². The summed E-state index contributed by atoms with van der Waals surface area (Å²) in [5.74, 6) is 0.806. The van der Waals surface area contributed by atoms with Crippen molar-refractivity contribution in [3.05, 3.63) is 53.2 Å². The Hall–Kier alpha value is -3.13. The second-order valence-electron chi connectivity index (χ2n) is 8.57. The van der Waals surface area contributed by atoms with E-state index in [4.69, 9.17) is 9.47 Å². The molecule has 1 saturated heterocycles. The van der Waals surface area contributed by atoms with Gasteiger partial charge in [0.1, 0.15) is 11.3 Å². The Morgan fingerprint density at radius 3 is 2.62 bits per heavy atom. The lowest BCUT2D eigenvalue weighted by molar-refractivity contribution is 0.122. The molecule has 2 aromatic heterocycles. The minimum Gasteiger partial charge on any atom is -0.488 e. The van der Waals surface area contributed by atoms with Crippen molar-refractivity contribution in [1.29, 1.82) is 0 Å². The Bertz CT molecular complexity index is 1130. The van der Waals surface area contributed by atoms with Crippen molar-refractivity contribution in [2.24, 2.45) is 7.05 Å². The predicted octanol–water partition coefficient (Wildman–Crippen LogP) is 2.97. The molecule has 0 bridgehead atoms. The third-order valence-electron chi connectivity index (χ3n) is 6.34. The number of hydrogen-bond acceptors (Lipinski definition) is 7. The molecule has 5 rings (SSSR count). The van der Waals surface area contributed by atoms with Crippen molar-refractivity contribution >= 4 is 22.4 Å². The smallest absolute Gasteiger partial charge is 0.252 e. The minimum atomic E-state index is 0.000145. The molecule has 3 heterocycles. The molecule has 0 spiro atoms. The van der Waals surface area contributed by atoms with Gasteiger partial charge in [0.25, 0.3) is 5.56 Å². The summed E-state index contributed by atoms with van der Waals surface area (Å²) in [6, 6.07) is 8.15. The minimum absolute atomic E-state index is 0.000145. The summed E-state index contributed by atoms with van der Waals surface area (Å²) in [5, 5.41) is 3.51. The molecule has 2 aliphatic rings. The number of hydrogen-bond donors (Lipinski definition) is 1. The van der Waals surface area contributed by atoms with E-state index in [1.807, 2.05) is 6.07 Å². The van der Waals surface area contributed by atoms with Gasteiger partial charge in [0.05, 0.1) is 24.8 Å². The SMILES string of the molecule is Cn1ccc(N[C@H]2CC[C@@H](Oc3cc(N4CCOCC4)cc4nccnc34)CC2)cc1=O. The zero-order valence-corrected chi connectivity index (χ0v) is 18.4. The van der Waals surface area contributed by atoms with Crippen molar-refractivity contribution in [3.8, 4) is 5.75 Å². The van der Waals surface area contributed by atoms with E-state index in [9.17, 15) is 4.79 Å². The quantitative estimate of drug-likeness (QED) is 0.660. The van der Waals surface area contributed by atoms with Crippen LogP contribution in [0.25, 0.3) is 11.0 Å². The molecule has 0 unspecified atom stereocenters. The molecule has 1 aliphatic heterocycles. The Morgan fingerprint density at radius 2 is 1.84 bits per heavy atom. The number of nitrogens with one attached hydrogen (secondary N) is 1. The van der Waals surface area contributed by atoms with Crippen LogP contribution in [0.1, 0.15) is 25.7 Å². The first-order valence-corrected chi connectivity index (χ1v) is 11.3. The number of ether oxygens (including phenoxy) is 2. The number of morpholine rings is 1. The van der Waals surface area contributed by atoms with Crippen LogP contribution >= 0.6 is 0 Å². The van der Waals surface area contributed by atoms with Gasteiger partial charge in [0.15, 0.2) is 0 Å². The van der Waals surface area contributed by atoms with Crippen LogP contribution in [-0.4, -0.2) is 53.0 Å². The van der Waals surface area contributed by atoms with Crippen LogP contribution in [0, 0.1) is 0 Å². The van der Waals surface area contributed by atoms with E-state index in [1.54, 1.807) is 36.3 Å². The highest BCUT2D eigenvalue weighted by atomic mass is 16.5. The monoisotopic (exact) mass is 435 g/mol. The second-order valence-corrected chi connectivity index (χ2v) is 8.57. The lowest BCUT2D eigenvalue weighted by Gasteiger charge is -2.31. The number of pyridine rings is 1. The highest BCUT2D eigenvalue weighted by molar-refractivity contribution is 5.85. The number of benzene rings is 1. The standard InChI is InChI=1S/C24H29N5O3/c1-28-9-6-18(14-23(28)30)27-17-2-4-20(5-3-17)32-22-16-19(29-10-12-31-13-11-29)15-21-24(22)26-8-7-25-21/h6-9,14-17,20,27H,2-5,10-13H2,1H3/t17-,20+. The van der Waals surface area contributed by atoms with E-state index in [-0.39, 0.29) is 11.7 Å². The lowest BCUT2D eigenvalue weighted by Crippen LogP contribution is -2.36. The van der Waals surface area contributed by atoms with Crippen LogP contribution in [-0.2, 0) is 11.8 Å². The van der Waals surface area contributed by atoms with E-state index >= 15 is 0 Å². The molecule has 32 heavy (non-hydrogen) atoms. The molecule has 1 N–H and O–H groups in total. The molecule has 168 valence electrons. The molecule has 1 aromatic carbocycles. The van der Waals surface area contributed by atoms with Crippen LogP contribution < -0.4 is 20.5 Å². The number of fused-ring (bicyclic) bond motifs is 1. The van der Waals surface area contributed by atoms with Crippen molar-refractivity contribution < 1.29 is 9.47 Å². The van der Waals surface area contributed by atoms with Gasteiger partial charge < -0.3 is 24.3 Å². The number of aromatic nitrogens is 3. The Morgan fingerprint density at radius 1 is 1.06 bits per heavy atom. The molecule has 3 aromatic rings. The summed E-state index contributed by atoms with van der Waals surface area (Å²) in [7, 11) is 1.76. The van der Waals surface area contributed by atoms with E-state index in [0.29, 0.717) is 6.04 Å². The summed E-state index contributed by atoms with van der Waals surface area (Å²) in [6.07, 6.45) is 9.27. The zero-order valence-electron chi connectivity index (χ0n) is 18.4.